The Morgan fingerprint density at radius 2 is 1.85 bits per heavy atom. The van der Waals surface area contributed by atoms with E-state index < -0.39 is 24.0 Å². The normalized spacial score (nSPS) is 18.1. The number of nitrogens with zero attached hydrogens (tertiary/aromatic N) is 2. The SMILES string of the molecule is CN1CCCN(C(=O)NC(CCC(=O)O)C(=O)O)CC1. The number of carboxylic acids is 2. The highest BCUT2D eigenvalue weighted by Crippen LogP contribution is 2.04. The Kier molecular flexibility index (Phi) is 6.23. The lowest BCUT2D eigenvalue weighted by atomic mass is 10.1. The molecule has 1 fully saturated rings. The predicted molar refractivity (Wildman–Crippen MR) is 70.5 cm³/mol. The van der Waals surface area contributed by atoms with E-state index in [-0.39, 0.29) is 12.8 Å². The van der Waals surface area contributed by atoms with Crippen molar-refractivity contribution in [2.24, 2.45) is 0 Å². The topological polar surface area (TPSA) is 110 Å². The molecule has 3 N–H and O–H groups in total. The van der Waals surface area contributed by atoms with Gasteiger partial charge in [0, 0.05) is 26.1 Å². The van der Waals surface area contributed by atoms with Gasteiger partial charge in [-0.3, -0.25) is 4.79 Å². The predicted octanol–water partition coefficient (Wildman–Crippen LogP) is -0.348. The third-order valence-corrected chi connectivity index (χ3v) is 3.25. The lowest BCUT2D eigenvalue weighted by Gasteiger charge is -2.23. The monoisotopic (exact) mass is 287 g/mol. The minimum atomic E-state index is -1.22. The molecule has 8 heteroatoms. The van der Waals surface area contributed by atoms with Gasteiger partial charge in [-0.15, -0.1) is 0 Å². The summed E-state index contributed by atoms with van der Waals surface area (Å²) in [5.41, 5.74) is 0. The van der Waals surface area contributed by atoms with Gasteiger partial charge in [-0.1, -0.05) is 0 Å². The zero-order chi connectivity index (χ0) is 15.1. The number of carbonyl (C=O) groups excluding carboxylic acids is 1. The second-order valence-corrected chi connectivity index (χ2v) is 4.92. The quantitative estimate of drug-likeness (QED) is 0.637. The molecule has 0 radical (unpaired) electrons. The van der Waals surface area contributed by atoms with Crippen molar-refractivity contribution in [3.8, 4) is 0 Å². The Hall–Kier alpha value is -1.83. The third kappa shape index (κ3) is 5.43. The summed E-state index contributed by atoms with van der Waals surface area (Å²) in [7, 11) is 1.97. The van der Waals surface area contributed by atoms with E-state index in [2.05, 4.69) is 10.2 Å². The molecule has 1 rings (SSSR count). The molecular formula is C12H21N3O5. The average molecular weight is 287 g/mol. The summed E-state index contributed by atoms with van der Waals surface area (Å²) in [5, 5.41) is 20.0. The Bertz CT molecular complexity index is 374. The number of hydrogen-bond acceptors (Lipinski definition) is 4. The Labute approximate surface area is 117 Å². The van der Waals surface area contributed by atoms with E-state index in [0.717, 1.165) is 19.5 Å². The Morgan fingerprint density at radius 1 is 1.15 bits per heavy atom. The zero-order valence-corrected chi connectivity index (χ0v) is 11.5. The van der Waals surface area contributed by atoms with E-state index in [1.165, 1.54) is 0 Å². The molecule has 0 bridgehead atoms. The van der Waals surface area contributed by atoms with Crippen molar-refractivity contribution in [1.82, 2.24) is 15.1 Å². The highest BCUT2D eigenvalue weighted by molar-refractivity contribution is 5.83. The number of carboxylic acid groups (broad SMARTS) is 2. The smallest absolute Gasteiger partial charge is 0.326 e. The molecule has 0 aromatic rings. The van der Waals surface area contributed by atoms with Crippen molar-refractivity contribution >= 4 is 18.0 Å². The number of amides is 2. The zero-order valence-electron chi connectivity index (χ0n) is 11.5. The molecule has 1 aliphatic rings. The fourth-order valence-corrected chi connectivity index (χ4v) is 2.02. The van der Waals surface area contributed by atoms with Crippen molar-refractivity contribution in [3.05, 3.63) is 0 Å². The highest BCUT2D eigenvalue weighted by Gasteiger charge is 2.24. The van der Waals surface area contributed by atoms with E-state index in [1.807, 2.05) is 7.05 Å². The Morgan fingerprint density at radius 3 is 2.45 bits per heavy atom. The summed E-state index contributed by atoms with van der Waals surface area (Å²) in [6.45, 7) is 2.74. The molecule has 0 aromatic carbocycles. The van der Waals surface area contributed by atoms with Crippen molar-refractivity contribution in [2.45, 2.75) is 25.3 Å². The van der Waals surface area contributed by atoms with Gasteiger partial charge in [0.25, 0.3) is 0 Å². The second-order valence-electron chi connectivity index (χ2n) is 4.92. The van der Waals surface area contributed by atoms with Crippen LogP contribution in [0.25, 0.3) is 0 Å². The van der Waals surface area contributed by atoms with Crippen LogP contribution < -0.4 is 5.32 Å². The van der Waals surface area contributed by atoms with E-state index in [0.29, 0.717) is 13.1 Å². The maximum atomic E-state index is 12.0. The van der Waals surface area contributed by atoms with Crippen LogP contribution in [-0.2, 0) is 9.59 Å². The summed E-state index contributed by atoms with van der Waals surface area (Å²) in [6.07, 6.45) is 0.418. The van der Waals surface area contributed by atoms with E-state index >= 15 is 0 Å². The fourth-order valence-electron chi connectivity index (χ4n) is 2.02. The number of urea groups is 1. The molecule has 0 aromatic heterocycles. The summed E-state index contributed by atoms with van der Waals surface area (Å²) in [4.78, 5) is 37.2. The van der Waals surface area contributed by atoms with Crippen LogP contribution in [0.1, 0.15) is 19.3 Å². The second kappa shape index (κ2) is 7.68. The van der Waals surface area contributed by atoms with E-state index in [4.69, 9.17) is 10.2 Å². The molecule has 1 atom stereocenters. The van der Waals surface area contributed by atoms with Crippen LogP contribution in [0, 0.1) is 0 Å². The standard InChI is InChI=1S/C12H21N3O5/c1-14-5-2-6-15(8-7-14)12(20)13-9(11(18)19)3-4-10(16)17/h9H,2-8H2,1H3,(H,13,20)(H,16,17)(H,18,19). The van der Waals surface area contributed by atoms with Gasteiger partial charge in [0.05, 0.1) is 0 Å². The molecule has 1 aliphatic heterocycles. The molecule has 1 unspecified atom stereocenters. The van der Waals surface area contributed by atoms with Gasteiger partial charge in [0.1, 0.15) is 6.04 Å². The van der Waals surface area contributed by atoms with Crippen LogP contribution >= 0.6 is 0 Å². The maximum absolute atomic E-state index is 12.0. The average Bonchev–Trinajstić information content (AvgIpc) is 2.58. The lowest BCUT2D eigenvalue weighted by molar-refractivity contribution is -0.140. The fraction of sp³-hybridized carbons (Fsp3) is 0.750. The minimum Gasteiger partial charge on any atom is -0.481 e. The first kappa shape index (κ1) is 16.2. The largest absolute Gasteiger partial charge is 0.481 e. The summed E-state index contributed by atoms with van der Waals surface area (Å²) < 4.78 is 0. The van der Waals surface area contributed by atoms with Crippen LogP contribution in [0.4, 0.5) is 4.79 Å². The molecule has 1 heterocycles. The molecular weight excluding hydrogens is 266 g/mol. The van der Waals surface area contributed by atoms with Gasteiger partial charge < -0.3 is 25.3 Å². The van der Waals surface area contributed by atoms with Crippen LogP contribution in [0.15, 0.2) is 0 Å². The molecule has 20 heavy (non-hydrogen) atoms. The lowest BCUT2D eigenvalue weighted by Crippen LogP contribution is -2.49. The first-order chi connectivity index (χ1) is 9.40. The van der Waals surface area contributed by atoms with Crippen molar-refractivity contribution in [2.75, 3.05) is 33.2 Å². The molecule has 0 spiro atoms. The van der Waals surface area contributed by atoms with Crippen molar-refractivity contribution < 1.29 is 24.6 Å². The van der Waals surface area contributed by atoms with E-state index in [1.54, 1.807) is 4.90 Å². The van der Waals surface area contributed by atoms with E-state index in [9.17, 15) is 14.4 Å². The van der Waals surface area contributed by atoms with Gasteiger partial charge in [-0.25, -0.2) is 9.59 Å². The van der Waals surface area contributed by atoms with Crippen LogP contribution in [0.5, 0.6) is 0 Å². The molecule has 2 amide bonds. The number of nitrogens with one attached hydrogen (secondary N) is 1. The molecule has 114 valence electrons. The van der Waals surface area contributed by atoms with Gasteiger partial charge in [-0.05, 0) is 26.4 Å². The van der Waals surface area contributed by atoms with Crippen molar-refractivity contribution in [3.63, 3.8) is 0 Å². The van der Waals surface area contributed by atoms with Crippen LogP contribution in [-0.4, -0.2) is 77.3 Å². The number of carbonyl (C=O) groups is 3. The van der Waals surface area contributed by atoms with Gasteiger partial charge >= 0.3 is 18.0 Å². The molecule has 0 aliphatic carbocycles. The first-order valence-electron chi connectivity index (χ1n) is 6.58. The number of likely N-dealkylation sites (N-methyl/N-ethyl adjacent to an activating group) is 1. The Balaban J connectivity index is 2.52. The number of hydrogen-bond donors (Lipinski definition) is 3. The van der Waals surface area contributed by atoms with Gasteiger partial charge in [-0.2, -0.15) is 0 Å². The molecule has 0 saturated carbocycles. The summed E-state index contributed by atoms with van der Waals surface area (Å²) in [6, 6.07) is -1.61. The van der Waals surface area contributed by atoms with Crippen LogP contribution in [0.3, 0.4) is 0 Å². The molecule has 8 nitrogen and oxygen atoms in total. The third-order valence-electron chi connectivity index (χ3n) is 3.25. The number of rotatable bonds is 5. The van der Waals surface area contributed by atoms with Crippen LogP contribution in [0.2, 0.25) is 0 Å². The van der Waals surface area contributed by atoms with Crippen molar-refractivity contribution in [1.29, 1.82) is 0 Å². The first-order valence-corrected chi connectivity index (χ1v) is 6.58. The number of aliphatic carboxylic acids is 2. The summed E-state index contributed by atoms with van der Waals surface area (Å²) >= 11 is 0. The minimum absolute atomic E-state index is 0.121. The summed E-state index contributed by atoms with van der Waals surface area (Å²) in [5.74, 6) is -2.30. The maximum Gasteiger partial charge on any atom is 0.326 e. The highest BCUT2D eigenvalue weighted by atomic mass is 16.4. The molecule has 1 saturated heterocycles. The van der Waals surface area contributed by atoms with Gasteiger partial charge in [0.15, 0.2) is 0 Å². The van der Waals surface area contributed by atoms with Gasteiger partial charge in [0.2, 0.25) is 0 Å².